The molecule has 0 saturated carbocycles. The lowest BCUT2D eigenvalue weighted by molar-refractivity contribution is -0.122. The van der Waals surface area contributed by atoms with Crippen molar-refractivity contribution in [2.75, 3.05) is 12.0 Å². The number of benzene rings is 3. The van der Waals surface area contributed by atoms with Gasteiger partial charge in [0.2, 0.25) is 0 Å². The predicted molar refractivity (Wildman–Crippen MR) is 147 cm³/mol. The summed E-state index contributed by atoms with van der Waals surface area (Å²) in [6.45, 7) is 1.94. The van der Waals surface area contributed by atoms with E-state index >= 15 is 0 Å². The van der Waals surface area contributed by atoms with Crippen molar-refractivity contribution >= 4 is 68.1 Å². The maximum Gasteiger partial charge on any atom is 0.335 e. The van der Waals surface area contributed by atoms with Crippen LogP contribution in [0.2, 0.25) is 0 Å². The molecule has 1 heterocycles. The predicted octanol–water partition coefficient (Wildman–Crippen LogP) is 5.88. The third-order valence-electron chi connectivity index (χ3n) is 5.75. The van der Waals surface area contributed by atoms with Gasteiger partial charge >= 0.3 is 6.03 Å². The molecule has 35 heavy (non-hydrogen) atoms. The van der Waals surface area contributed by atoms with Gasteiger partial charge in [-0.05, 0) is 76.0 Å². The fraction of sp³-hybridized carbons (Fsp3) is 0.148. The minimum atomic E-state index is -0.756. The summed E-state index contributed by atoms with van der Waals surface area (Å²) in [6.07, 6.45) is 2.78. The Balaban J connectivity index is 1.73. The molecule has 0 aliphatic carbocycles. The smallest absolute Gasteiger partial charge is 0.335 e. The molecular formula is C27H22BrIN2O4. The van der Waals surface area contributed by atoms with E-state index in [1.165, 1.54) is 6.08 Å². The summed E-state index contributed by atoms with van der Waals surface area (Å²) in [4.78, 5) is 39.6. The highest BCUT2D eigenvalue weighted by Crippen LogP contribution is 2.32. The minimum Gasteiger partial charge on any atom is -0.496 e. The van der Waals surface area contributed by atoms with Crippen molar-refractivity contribution in [1.29, 1.82) is 0 Å². The molecule has 8 heteroatoms. The first kappa shape index (κ1) is 25.1. The molecule has 6 nitrogen and oxygen atoms in total. The molecule has 1 saturated heterocycles. The van der Waals surface area contributed by atoms with E-state index in [-0.39, 0.29) is 5.57 Å². The van der Waals surface area contributed by atoms with Crippen molar-refractivity contribution in [3.05, 3.63) is 96.5 Å². The molecule has 0 bridgehead atoms. The number of carbonyl (C=O) groups excluding carboxylic acids is 3. The summed E-state index contributed by atoms with van der Waals surface area (Å²) in [5.74, 6) is -0.741. The zero-order valence-corrected chi connectivity index (χ0v) is 22.8. The van der Waals surface area contributed by atoms with Gasteiger partial charge in [0.1, 0.15) is 11.3 Å². The Morgan fingerprint density at radius 2 is 1.71 bits per heavy atom. The van der Waals surface area contributed by atoms with E-state index in [2.05, 4.69) is 43.8 Å². The average Bonchev–Trinajstić information content (AvgIpc) is 2.84. The summed E-state index contributed by atoms with van der Waals surface area (Å²) >= 11 is 5.82. The first-order chi connectivity index (χ1) is 16.8. The van der Waals surface area contributed by atoms with Crippen LogP contribution in [0.25, 0.3) is 6.08 Å². The van der Waals surface area contributed by atoms with E-state index in [1.807, 2.05) is 49.4 Å². The number of rotatable bonds is 6. The topological polar surface area (TPSA) is 75.7 Å². The maximum atomic E-state index is 13.3. The number of carbonyl (C=O) groups is 3. The number of hydrogen-bond donors (Lipinski definition) is 1. The van der Waals surface area contributed by atoms with Crippen molar-refractivity contribution in [1.82, 2.24) is 5.32 Å². The monoisotopic (exact) mass is 644 g/mol. The van der Waals surface area contributed by atoms with Gasteiger partial charge in [0, 0.05) is 20.0 Å². The summed E-state index contributed by atoms with van der Waals surface area (Å²) in [6, 6.07) is 18.1. The molecule has 3 aromatic carbocycles. The molecule has 0 atom stereocenters. The number of nitrogens with zero attached hydrogens (tertiary/aromatic N) is 1. The zero-order chi connectivity index (χ0) is 25.1. The normalized spacial score (nSPS) is 14.9. The van der Waals surface area contributed by atoms with Crippen molar-refractivity contribution in [2.24, 2.45) is 0 Å². The van der Waals surface area contributed by atoms with Crippen molar-refractivity contribution in [3.8, 4) is 5.75 Å². The van der Waals surface area contributed by atoms with Gasteiger partial charge in [-0.15, -0.1) is 0 Å². The summed E-state index contributed by atoms with van der Waals surface area (Å²) < 4.78 is 7.59. The van der Waals surface area contributed by atoms with Gasteiger partial charge < -0.3 is 4.74 Å². The first-order valence-electron chi connectivity index (χ1n) is 10.9. The van der Waals surface area contributed by atoms with Crippen molar-refractivity contribution < 1.29 is 19.1 Å². The molecule has 1 N–H and O–H groups in total. The van der Waals surface area contributed by atoms with Gasteiger partial charge in [-0.3, -0.25) is 14.9 Å². The van der Waals surface area contributed by atoms with Gasteiger partial charge in [0.25, 0.3) is 11.8 Å². The second-order valence-electron chi connectivity index (χ2n) is 7.89. The van der Waals surface area contributed by atoms with Gasteiger partial charge in [0.15, 0.2) is 0 Å². The van der Waals surface area contributed by atoms with Crippen LogP contribution in [0.5, 0.6) is 5.75 Å². The van der Waals surface area contributed by atoms with Crippen LogP contribution < -0.4 is 15.0 Å². The molecule has 1 fully saturated rings. The highest BCUT2D eigenvalue weighted by Gasteiger charge is 2.37. The Labute approximate surface area is 225 Å². The fourth-order valence-electron chi connectivity index (χ4n) is 3.97. The summed E-state index contributed by atoms with van der Waals surface area (Å²) in [5, 5.41) is 2.29. The Morgan fingerprint density at radius 3 is 2.40 bits per heavy atom. The van der Waals surface area contributed by atoms with E-state index in [0.29, 0.717) is 29.8 Å². The number of methoxy groups -OCH3 is 1. The Hall–Kier alpha value is -2.98. The molecule has 178 valence electrons. The molecule has 0 spiro atoms. The lowest BCUT2D eigenvalue weighted by Gasteiger charge is -2.28. The third-order valence-corrected chi connectivity index (χ3v) is 7.48. The van der Waals surface area contributed by atoms with E-state index in [0.717, 1.165) is 29.6 Å². The Morgan fingerprint density at radius 1 is 1.03 bits per heavy atom. The summed E-state index contributed by atoms with van der Waals surface area (Å²) in [7, 11) is 1.59. The maximum absolute atomic E-state index is 13.3. The molecule has 1 aliphatic rings. The quantitative estimate of drug-likeness (QED) is 0.207. The van der Waals surface area contributed by atoms with Crippen molar-refractivity contribution in [3.63, 3.8) is 0 Å². The molecule has 0 radical (unpaired) electrons. The van der Waals surface area contributed by atoms with Crippen LogP contribution in [0.15, 0.2) is 70.7 Å². The van der Waals surface area contributed by atoms with Crippen LogP contribution in [0.4, 0.5) is 10.5 Å². The number of amides is 4. The van der Waals surface area contributed by atoms with Crippen LogP contribution in [0.1, 0.15) is 29.2 Å². The van der Waals surface area contributed by atoms with Crippen LogP contribution in [-0.2, 0) is 22.4 Å². The van der Waals surface area contributed by atoms with Gasteiger partial charge in [-0.1, -0.05) is 59.3 Å². The van der Waals surface area contributed by atoms with Gasteiger partial charge in [0.05, 0.1) is 12.8 Å². The molecular weight excluding hydrogens is 623 g/mol. The number of anilines is 1. The number of hydrogen-bond acceptors (Lipinski definition) is 4. The number of halogens is 2. The number of barbiturate groups is 1. The standard InChI is InChI=1S/C27H22BrIN2O4/c1-3-17-8-5-7-11-23(17)31-26(33)20(25(32)30-27(31)34)12-16-13-22(29)19(24(14-16)35-2)15-18-9-4-6-10-21(18)28/h4-14H,3,15H2,1-2H3,(H,30,32,34)/b20-12-. The Bertz CT molecular complexity index is 1370. The first-order valence-corrected chi connectivity index (χ1v) is 12.8. The minimum absolute atomic E-state index is 0.119. The van der Waals surface area contributed by atoms with E-state index in [9.17, 15) is 14.4 Å². The fourth-order valence-corrected chi connectivity index (χ4v) is 5.21. The molecule has 1 aliphatic heterocycles. The van der Waals surface area contributed by atoms with Crippen molar-refractivity contribution in [2.45, 2.75) is 19.8 Å². The van der Waals surface area contributed by atoms with Crippen LogP contribution in [0.3, 0.4) is 0 Å². The average molecular weight is 645 g/mol. The molecule has 0 aromatic heterocycles. The molecule has 0 unspecified atom stereocenters. The van der Waals surface area contributed by atoms with E-state index in [4.69, 9.17) is 4.74 Å². The number of ether oxygens (including phenoxy) is 1. The van der Waals surface area contributed by atoms with Gasteiger partial charge in [-0.25, -0.2) is 9.69 Å². The van der Waals surface area contributed by atoms with Crippen LogP contribution in [0, 0.1) is 3.57 Å². The number of urea groups is 1. The second kappa shape index (κ2) is 10.7. The molecule has 4 amide bonds. The highest BCUT2D eigenvalue weighted by atomic mass is 127. The lowest BCUT2D eigenvalue weighted by Crippen LogP contribution is -2.54. The largest absolute Gasteiger partial charge is 0.496 e. The SMILES string of the molecule is CCc1ccccc1N1C(=O)NC(=O)/C(=C/c2cc(I)c(Cc3ccccc3Br)c(OC)c2)C1=O. The zero-order valence-electron chi connectivity index (χ0n) is 19.1. The summed E-state index contributed by atoms with van der Waals surface area (Å²) in [5.41, 5.74) is 3.91. The number of aryl methyl sites for hydroxylation is 1. The van der Waals surface area contributed by atoms with Crippen LogP contribution in [-0.4, -0.2) is 25.0 Å². The third kappa shape index (κ3) is 5.18. The van der Waals surface area contributed by atoms with E-state index in [1.54, 1.807) is 25.3 Å². The van der Waals surface area contributed by atoms with Gasteiger partial charge in [-0.2, -0.15) is 0 Å². The molecule has 3 aromatic rings. The second-order valence-corrected chi connectivity index (χ2v) is 9.91. The number of para-hydroxylation sites is 1. The van der Waals surface area contributed by atoms with Crippen LogP contribution >= 0.6 is 38.5 Å². The highest BCUT2D eigenvalue weighted by molar-refractivity contribution is 14.1. The number of imide groups is 2. The molecule has 4 rings (SSSR count). The van der Waals surface area contributed by atoms with E-state index < -0.39 is 17.8 Å². The Kier molecular flexibility index (Phi) is 7.71. The number of nitrogens with one attached hydrogen (secondary N) is 1. The lowest BCUT2D eigenvalue weighted by atomic mass is 10.00.